The molecule has 0 aromatic carbocycles. The molecule has 1 saturated carbocycles. The Morgan fingerprint density at radius 1 is 1.15 bits per heavy atom. The van der Waals surface area contributed by atoms with E-state index in [-0.39, 0.29) is 23.1 Å². The van der Waals surface area contributed by atoms with Gasteiger partial charge in [0.25, 0.3) is 0 Å². The lowest BCUT2D eigenvalue weighted by molar-refractivity contribution is -0.137. The van der Waals surface area contributed by atoms with Crippen LogP contribution < -0.4 is 0 Å². The fourth-order valence-electron chi connectivity index (χ4n) is 3.49. The van der Waals surface area contributed by atoms with Crippen molar-refractivity contribution in [1.29, 1.82) is 0 Å². The van der Waals surface area contributed by atoms with E-state index in [1.54, 1.807) is 11.9 Å². The van der Waals surface area contributed by atoms with Gasteiger partial charge in [-0.25, -0.2) is 8.42 Å². The van der Waals surface area contributed by atoms with Crippen LogP contribution in [0.3, 0.4) is 0 Å². The first-order valence-corrected chi connectivity index (χ1v) is 9.47. The molecule has 0 aromatic heterocycles. The van der Waals surface area contributed by atoms with Crippen LogP contribution in [0.15, 0.2) is 12.2 Å². The molecule has 4 nitrogen and oxygen atoms in total. The van der Waals surface area contributed by atoms with E-state index in [9.17, 15) is 13.2 Å². The van der Waals surface area contributed by atoms with Crippen LogP contribution in [0.2, 0.25) is 0 Å². The average Bonchev–Trinajstić information content (AvgIpc) is 2.46. The van der Waals surface area contributed by atoms with Gasteiger partial charge in [0, 0.05) is 25.3 Å². The Hall–Kier alpha value is -0.840. The molecule has 0 spiro atoms. The van der Waals surface area contributed by atoms with Gasteiger partial charge in [-0.1, -0.05) is 25.0 Å². The third kappa shape index (κ3) is 3.43. The lowest BCUT2D eigenvalue weighted by Crippen LogP contribution is -2.50. The molecule has 2 rings (SSSR count). The number of amides is 1. The lowest BCUT2D eigenvalue weighted by atomic mass is 9.90. The van der Waals surface area contributed by atoms with E-state index < -0.39 is 9.84 Å². The summed E-state index contributed by atoms with van der Waals surface area (Å²) < 4.78 is 23.9. The molecule has 0 radical (unpaired) electrons. The normalized spacial score (nSPS) is 31.0. The summed E-state index contributed by atoms with van der Waals surface area (Å²) in [7, 11) is -1.31. The molecule has 0 aliphatic heterocycles. The van der Waals surface area contributed by atoms with E-state index in [0.29, 0.717) is 6.42 Å². The van der Waals surface area contributed by atoms with Crippen LogP contribution in [0.5, 0.6) is 0 Å². The van der Waals surface area contributed by atoms with Crippen molar-refractivity contribution >= 4 is 15.7 Å². The minimum atomic E-state index is -3.09. The van der Waals surface area contributed by atoms with Crippen molar-refractivity contribution in [2.45, 2.75) is 56.2 Å². The molecular formula is C15H25NO3S. The number of rotatable bonds is 3. The zero-order chi connectivity index (χ0) is 14.8. The van der Waals surface area contributed by atoms with Crippen molar-refractivity contribution < 1.29 is 13.2 Å². The van der Waals surface area contributed by atoms with Crippen LogP contribution >= 0.6 is 0 Å². The Kier molecular flexibility index (Phi) is 4.89. The van der Waals surface area contributed by atoms with Crippen molar-refractivity contribution in [1.82, 2.24) is 4.90 Å². The van der Waals surface area contributed by atoms with E-state index in [0.717, 1.165) is 38.5 Å². The first kappa shape index (κ1) is 15.5. The number of carbonyl (C=O) groups is 1. The predicted molar refractivity (Wildman–Crippen MR) is 80.1 cm³/mol. The summed E-state index contributed by atoms with van der Waals surface area (Å²) in [4.78, 5) is 14.3. The van der Waals surface area contributed by atoms with Gasteiger partial charge in [0.05, 0.1) is 5.25 Å². The van der Waals surface area contributed by atoms with E-state index in [1.807, 2.05) is 0 Å². The fraction of sp³-hybridized carbons (Fsp3) is 0.800. The van der Waals surface area contributed by atoms with Crippen LogP contribution in [-0.4, -0.2) is 43.8 Å². The van der Waals surface area contributed by atoms with Gasteiger partial charge >= 0.3 is 0 Å². The number of nitrogens with zero attached hydrogens (tertiary/aromatic N) is 1. The van der Waals surface area contributed by atoms with Crippen LogP contribution in [0.1, 0.15) is 44.9 Å². The van der Waals surface area contributed by atoms with Gasteiger partial charge in [-0.2, -0.15) is 0 Å². The van der Waals surface area contributed by atoms with Gasteiger partial charge < -0.3 is 4.90 Å². The van der Waals surface area contributed by atoms with Crippen molar-refractivity contribution in [3.63, 3.8) is 0 Å². The maximum atomic E-state index is 12.6. The van der Waals surface area contributed by atoms with Crippen molar-refractivity contribution in [2.24, 2.45) is 5.92 Å². The number of allylic oxidation sites excluding steroid dienone is 2. The number of hydrogen-bond donors (Lipinski definition) is 0. The summed E-state index contributed by atoms with van der Waals surface area (Å²) in [6.45, 7) is 0. The Morgan fingerprint density at radius 2 is 1.85 bits per heavy atom. The average molecular weight is 299 g/mol. The summed E-state index contributed by atoms with van der Waals surface area (Å²) in [5.74, 6) is 0.155. The zero-order valence-electron chi connectivity index (χ0n) is 12.4. The predicted octanol–water partition coefficient (Wildman–Crippen LogP) is 2.16. The topological polar surface area (TPSA) is 54.5 Å². The highest BCUT2D eigenvalue weighted by Crippen LogP contribution is 2.29. The van der Waals surface area contributed by atoms with Crippen LogP contribution in [0, 0.1) is 5.92 Å². The summed E-state index contributed by atoms with van der Waals surface area (Å²) in [5, 5.41) is -0.385. The second kappa shape index (κ2) is 6.29. The molecule has 0 bridgehead atoms. The molecule has 2 aliphatic rings. The molecule has 3 unspecified atom stereocenters. The quantitative estimate of drug-likeness (QED) is 0.750. The first-order valence-electron chi connectivity index (χ1n) is 7.52. The van der Waals surface area contributed by atoms with Crippen molar-refractivity contribution in [2.75, 3.05) is 13.3 Å². The smallest absolute Gasteiger partial charge is 0.226 e. The monoisotopic (exact) mass is 299 g/mol. The molecule has 0 saturated heterocycles. The molecule has 0 N–H and O–H groups in total. The molecule has 20 heavy (non-hydrogen) atoms. The molecule has 1 amide bonds. The maximum absolute atomic E-state index is 12.6. The summed E-state index contributed by atoms with van der Waals surface area (Å²) in [6, 6.07) is -0.142. The third-order valence-corrected chi connectivity index (χ3v) is 6.33. The maximum Gasteiger partial charge on any atom is 0.226 e. The molecule has 2 aliphatic carbocycles. The second-order valence-electron chi connectivity index (χ2n) is 6.15. The van der Waals surface area contributed by atoms with Gasteiger partial charge in [0.1, 0.15) is 0 Å². The van der Waals surface area contributed by atoms with Crippen LogP contribution in [0.4, 0.5) is 0 Å². The molecule has 0 heterocycles. The molecular weight excluding hydrogens is 274 g/mol. The number of sulfone groups is 1. The Morgan fingerprint density at radius 3 is 2.45 bits per heavy atom. The van der Waals surface area contributed by atoms with Crippen molar-refractivity contribution in [3.05, 3.63) is 12.2 Å². The molecule has 3 atom stereocenters. The zero-order valence-corrected chi connectivity index (χ0v) is 13.2. The van der Waals surface area contributed by atoms with Gasteiger partial charge in [-0.15, -0.1) is 0 Å². The third-order valence-electron chi connectivity index (χ3n) is 4.68. The number of hydrogen-bond acceptors (Lipinski definition) is 3. The van der Waals surface area contributed by atoms with Crippen molar-refractivity contribution in [3.8, 4) is 0 Å². The summed E-state index contributed by atoms with van der Waals surface area (Å²) in [6.07, 6.45) is 11.6. The van der Waals surface area contributed by atoms with Gasteiger partial charge in [-0.05, 0) is 32.1 Å². The first-order chi connectivity index (χ1) is 9.41. The lowest BCUT2D eigenvalue weighted by Gasteiger charge is -2.38. The van der Waals surface area contributed by atoms with E-state index in [2.05, 4.69) is 12.2 Å². The van der Waals surface area contributed by atoms with Gasteiger partial charge in [0.2, 0.25) is 5.91 Å². The van der Waals surface area contributed by atoms with Gasteiger partial charge in [0.15, 0.2) is 9.84 Å². The Bertz CT molecular complexity index is 483. The summed E-state index contributed by atoms with van der Waals surface area (Å²) >= 11 is 0. The summed E-state index contributed by atoms with van der Waals surface area (Å²) in [5.41, 5.74) is 0. The Labute approximate surface area is 122 Å². The molecule has 1 fully saturated rings. The molecule has 114 valence electrons. The van der Waals surface area contributed by atoms with Crippen LogP contribution in [-0.2, 0) is 14.6 Å². The van der Waals surface area contributed by atoms with E-state index >= 15 is 0 Å². The van der Waals surface area contributed by atoms with Gasteiger partial charge in [-0.3, -0.25) is 4.79 Å². The minimum Gasteiger partial charge on any atom is -0.341 e. The molecule has 5 heteroatoms. The fourth-order valence-corrected chi connectivity index (χ4v) is 4.97. The highest BCUT2D eigenvalue weighted by molar-refractivity contribution is 7.91. The molecule has 0 aromatic rings. The standard InChI is InChI=1S/C15H25NO3S/c1-16(15(17)12-8-4-3-5-9-12)13-10-6-7-11-14(13)20(2,18)19/h3-4,12-14H,5-11H2,1-2H3. The van der Waals surface area contributed by atoms with Crippen LogP contribution in [0.25, 0.3) is 0 Å². The largest absolute Gasteiger partial charge is 0.341 e. The number of carbonyl (C=O) groups excluding carboxylic acids is 1. The minimum absolute atomic E-state index is 0.0344. The SMILES string of the molecule is CN(C(=O)C1CC=CCC1)C1CCCCC1S(C)(=O)=O. The van der Waals surface area contributed by atoms with E-state index in [1.165, 1.54) is 6.26 Å². The Balaban J connectivity index is 2.11. The van der Waals surface area contributed by atoms with E-state index in [4.69, 9.17) is 0 Å². The highest BCUT2D eigenvalue weighted by Gasteiger charge is 2.38. The highest BCUT2D eigenvalue weighted by atomic mass is 32.2. The second-order valence-corrected chi connectivity index (χ2v) is 8.41.